The average molecular weight is 319 g/mol. The number of carbonyl (C=O) groups excluding carboxylic acids is 1. The molecular weight excluding hydrogens is 302 g/mol. The molecule has 1 amide bonds. The summed E-state index contributed by atoms with van der Waals surface area (Å²) in [6.07, 6.45) is -6.05. The van der Waals surface area contributed by atoms with Gasteiger partial charge in [-0.2, -0.15) is 13.2 Å². The number of rotatable bonds is 3. The molecule has 1 aliphatic heterocycles. The van der Waals surface area contributed by atoms with E-state index in [0.717, 1.165) is 12.1 Å². The zero-order valence-electron chi connectivity index (χ0n) is 12.5. The van der Waals surface area contributed by atoms with Crippen LogP contribution in [0.4, 0.5) is 22.4 Å². The van der Waals surface area contributed by atoms with Crippen LogP contribution >= 0.6 is 0 Å². The molecule has 1 aromatic carbocycles. The van der Waals surface area contributed by atoms with Gasteiger partial charge in [-0.25, -0.2) is 9.18 Å². The Kier molecular flexibility index (Phi) is 4.10. The maximum absolute atomic E-state index is 12.9. The number of ether oxygens (including phenoxy) is 1. The van der Waals surface area contributed by atoms with Crippen molar-refractivity contribution in [1.29, 1.82) is 0 Å². The fraction of sp³-hybridized carbons (Fsp3) is 0.533. The maximum atomic E-state index is 12.9. The van der Waals surface area contributed by atoms with Crippen molar-refractivity contribution in [3.8, 4) is 0 Å². The molecule has 0 spiro atoms. The van der Waals surface area contributed by atoms with Crippen molar-refractivity contribution in [2.24, 2.45) is 0 Å². The van der Waals surface area contributed by atoms with Crippen LogP contribution in [0.15, 0.2) is 18.2 Å². The number of alkyl halides is 4. The minimum absolute atomic E-state index is 0.0911. The summed E-state index contributed by atoms with van der Waals surface area (Å²) in [6, 6.07) is 3.00. The minimum Gasteiger partial charge on any atom is -0.439 e. The van der Waals surface area contributed by atoms with E-state index in [9.17, 15) is 22.4 Å². The summed E-state index contributed by atoms with van der Waals surface area (Å²) in [4.78, 5) is 13.3. The Morgan fingerprint density at radius 1 is 1.27 bits per heavy atom. The first-order valence-electron chi connectivity index (χ1n) is 6.86. The van der Waals surface area contributed by atoms with E-state index in [1.54, 1.807) is 20.8 Å². The highest BCUT2D eigenvalue weighted by atomic mass is 19.4. The van der Waals surface area contributed by atoms with Gasteiger partial charge in [0, 0.05) is 6.54 Å². The molecule has 0 N–H and O–H groups in total. The van der Waals surface area contributed by atoms with Crippen molar-refractivity contribution in [3.05, 3.63) is 34.9 Å². The third-order valence-corrected chi connectivity index (χ3v) is 3.89. The highest BCUT2D eigenvalue weighted by molar-refractivity contribution is 5.72. The Balaban J connectivity index is 2.51. The molecule has 0 radical (unpaired) electrons. The summed E-state index contributed by atoms with van der Waals surface area (Å²) >= 11 is 0. The summed E-state index contributed by atoms with van der Waals surface area (Å²) in [5, 5.41) is 0. The van der Waals surface area contributed by atoms with E-state index in [-0.39, 0.29) is 11.1 Å². The van der Waals surface area contributed by atoms with Crippen molar-refractivity contribution < 1.29 is 27.1 Å². The predicted octanol–water partition coefficient (Wildman–Crippen LogP) is 4.47. The van der Waals surface area contributed by atoms with E-state index >= 15 is 0 Å². The predicted molar refractivity (Wildman–Crippen MR) is 71.9 cm³/mol. The molecular formula is C15H17F4NO2. The van der Waals surface area contributed by atoms with Crippen molar-refractivity contribution in [1.82, 2.24) is 4.90 Å². The number of nitrogens with zero attached hydrogens (tertiary/aromatic N) is 1. The van der Waals surface area contributed by atoms with Gasteiger partial charge in [0.15, 0.2) is 6.10 Å². The van der Waals surface area contributed by atoms with E-state index in [1.807, 2.05) is 0 Å². The monoisotopic (exact) mass is 319 g/mol. The standard InChI is InChI=1S/C15H17F4NO2/c1-4-20-13(21)22-12(14(20,2)3)10-5-9(8-16)6-11(7-10)15(17,18)19/h5-7,12H,4,8H2,1-3H3/t12-/m1/s1. The second kappa shape index (κ2) is 5.44. The molecule has 1 heterocycles. The highest BCUT2D eigenvalue weighted by Gasteiger charge is 2.48. The fourth-order valence-corrected chi connectivity index (χ4v) is 2.81. The van der Waals surface area contributed by atoms with E-state index in [1.165, 1.54) is 11.0 Å². The molecule has 7 heteroatoms. The molecule has 22 heavy (non-hydrogen) atoms. The van der Waals surface area contributed by atoms with Crippen LogP contribution in [0.1, 0.15) is 43.6 Å². The summed E-state index contributed by atoms with van der Waals surface area (Å²) < 4.78 is 56.9. The number of amides is 1. The summed E-state index contributed by atoms with van der Waals surface area (Å²) in [7, 11) is 0. The lowest BCUT2D eigenvalue weighted by atomic mass is 9.89. The minimum atomic E-state index is -4.59. The van der Waals surface area contributed by atoms with Crippen molar-refractivity contribution in [2.45, 2.75) is 45.3 Å². The SMILES string of the molecule is CCN1C(=O)O[C@H](c2cc(CF)cc(C(F)(F)F)c2)C1(C)C. The number of carbonyl (C=O) groups is 1. The number of likely N-dealkylation sites (N-methyl/N-ethyl adjacent to an activating group) is 1. The lowest BCUT2D eigenvalue weighted by molar-refractivity contribution is -0.137. The average Bonchev–Trinajstić information content (AvgIpc) is 2.66. The van der Waals surface area contributed by atoms with Crippen LogP contribution in [0.25, 0.3) is 0 Å². The third kappa shape index (κ3) is 2.76. The van der Waals surface area contributed by atoms with Gasteiger partial charge in [-0.3, -0.25) is 4.90 Å². The number of benzene rings is 1. The van der Waals surface area contributed by atoms with Crippen LogP contribution in [-0.2, 0) is 17.6 Å². The van der Waals surface area contributed by atoms with E-state index in [0.29, 0.717) is 6.54 Å². The van der Waals surface area contributed by atoms with Gasteiger partial charge in [0.1, 0.15) is 6.67 Å². The van der Waals surface area contributed by atoms with Crippen LogP contribution in [0.3, 0.4) is 0 Å². The van der Waals surface area contributed by atoms with Gasteiger partial charge < -0.3 is 4.74 Å². The van der Waals surface area contributed by atoms with Crippen LogP contribution in [0.5, 0.6) is 0 Å². The second-order valence-electron chi connectivity index (χ2n) is 5.76. The van der Waals surface area contributed by atoms with E-state index in [2.05, 4.69) is 0 Å². The highest BCUT2D eigenvalue weighted by Crippen LogP contribution is 2.42. The molecule has 1 atom stereocenters. The van der Waals surface area contributed by atoms with Gasteiger partial charge in [0.05, 0.1) is 11.1 Å². The molecule has 1 aromatic rings. The smallest absolute Gasteiger partial charge is 0.416 e. The van der Waals surface area contributed by atoms with Gasteiger partial charge in [-0.15, -0.1) is 0 Å². The number of hydrogen-bond donors (Lipinski definition) is 0. The second-order valence-corrected chi connectivity index (χ2v) is 5.76. The lowest BCUT2D eigenvalue weighted by Crippen LogP contribution is -2.42. The van der Waals surface area contributed by atoms with Crippen molar-refractivity contribution in [2.75, 3.05) is 6.54 Å². The van der Waals surface area contributed by atoms with E-state index < -0.39 is 36.2 Å². The third-order valence-electron chi connectivity index (χ3n) is 3.89. The fourth-order valence-electron chi connectivity index (χ4n) is 2.81. The Morgan fingerprint density at radius 3 is 2.36 bits per heavy atom. The topological polar surface area (TPSA) is 29.5 Å². The normalized spacial score (nSPS) is 21.1. The summed E-state index contributed by atoms with van der Waals surface area (Å²) in [5.74, 6) is 0. The first kappa shape index (κ1) is 16.6. The molecule has 3 nitrogen and oxygen atoms in total. The summed E-state index contributed by atoms with van der Waals surface area (Å²) in [5.41, 5.74) is -1.70. The Labute approximate surface area is 125 Å². The number of hydrogen-bond acceptors (Lipinski definition) is 2. The van der Waals surface area contributed by atoms with Gasteiger partial charge in [-0.1, -0.05) is 0 Å². The Bertz CT molecular complexity index is 583. The molecule has 1 fully saturated rings. The molecule has 122 valence electrons. The van der Waals surface area contributed by atoms with Crippen molar-refractivity contribution in [3.63, 3.8) is 0 Å². The van der Waals surface area contributed by atoms with E-state index in [4.69, 9.17) is 4.74 Å². The first-order valence-corrected chi connectivity index (χ1v) is 6.86. The lowest BCUT2D eigenvalue weighted by Gasteiger charge is -2.31. The Morgan fingerprint density at radius 2 is 1.91 bits per heavy atom. The summed E-state index contributed by atoms with van der Waals surface area (Å²) in [6.45, 7) is 4.53. The van der Waals surface area contributed by atoms with Gasteiger partial charge in [0.2, 0.25) is 0 Å². The Hall–Kier alpha value is -1.79. The quantitative estimate of drug-likeness (QED) is 0.770. The zero-order chi connectivity index (χ0) is 16.7. The van der Waals surface area contributed by atoms with Crippen molar-refractivity contribution >= 4 is 6.09 Å². The van der Waals surface area contributed by atoms with Gasteiger partial charge in [0.25, 0.3) is 0 Å². The maximum Gasteiger partial charge on any atom is 0.416 e. The molecule has 0 saturated carbocycles. The number of cyclic esters (lactones) is 1. The van der Waals surface area contributed by atoms with Crippen LogP contribution in [0.2, 0.25) is 0 Å². The molecule has 0 unspecified atom stereocenters. The first-order chi connectivity index (χ1) is 10.1. The molecule has 0 aliphatic carbocycles. The molecule has 1 aliphatic rings. The molecule has 0 aromatic heterocycles. The van der Waals surface area contributed by atoms with Gasteiger partial charge in [-0.05, 0) is 50.1 Å². The van der Waals surface area contributed by atoms with Gasteiger partial charge >= 0.3 is 12.3 Å². The molecule has 0 bridgehead atoms. The zero-order valence-corrected chi connectivity index (χ0v) is 12.5. The van der Waals surface area contributed by atoms with Crippen LogP contribution in [0, 0.1) is 0 Å². The van der Waals surface area contributed by atoms with Crippen LogP contribution in [-0.4, -0.2) is 23.1 Å². The molecule has 2 rings (SSSR count). The largest absolute Gasteiger partial charge is 0.439 e. The number of halogens is 4. The molecule has 1 saturated heterocycles. The van der Waals surface area contributed by atoms with Crippen LogP contribution < -0.4 is 0 Å².